The Labute approximate surface area is 217 Å². The number of hydrogen-bond acceptors (Lipinski definition) is 11. The molecule has 0 bridgehead atoms. The van der Waals surface area contributed by atoms with Crippen LogP contribution in [0.4, 0.5) is 0 Å². The molecule has 1 unspecified atom stereocenters. The number of aliphatic hydroxyl groups is 2. The first-order valence-corrected chi connectivity index (χ1v) is 13.1. The number of nitrogens with zero attached hydrogens (tertiary/aromatic N) is 2. The van der Waals surface area contributed by atoms with Gasteiger partial charge in [0.1, 0.15) is 30.6 Å². The maximum absolute atomic E-state index is 13.5. The lowest BCUT2D eigenvalue weighted by Crippen LogP contribution is -2.58. The quantitative estimate of drug-likeness (QED) is 0.168. The van der Waals surface area contributed by atoms with Crippen LogP contribution in [-0.2, 0) is 29.1 Å². The molecule has 206 valence electrons. The number of nitrogens with one attached hydrogen (secondary N) is 2. The van der Waals surface area contributed by atoms with Crippen molar-refractivity contribution in [3.8, 4) is 11.8 Å². The molecule has 0 spiro atoms. The van der Waals surface area contributed by atoms with Crippen LogP contribution in [0.1, 0.15) is 20.8 Å². The number of aromatic nitrogens is 2. The minimum Gasteiger partial charge on any atom is -0.464 e. The number of nitriles is 1. The van der Waals surface area contributed by atoms with E-state index < -0.39 is 55.1 Å². The Morgan fingerprint density at radius 2 is 2.00 bits per heavy atom. The van der Waals surface area contributed by atoms with Gasteiger partial charge in [0, 0.05) is 18.8 Å². The molecule has 1 saturated heterocycles. The van der Waals surface area contributed by atoms with E-state index >= 15 is 0 Å². The van der Waals surface area contributed by atoms with Crippen molar-refractivity contribution in [3.63, 3.8) is 0 Å². The monoisotopic (exact) mass is 552 g/mol. The molecule has 2 heterocycles. The second-order valence-corrected chi connectivity index (χ2v) is 10.7. The van der Waals surface area contributed by atoms with Crippen LogP contribution in [0.15, 0.2) is 52.2 Å². The molecule has 1 aliphatic heterocycles. The zero-order valence-corrected chi connectivity index (χ0v) is 21.8. The first kappa shape index (κ1) is 29.2. The summed E-state index contributed by atoms with van der Waals surface area (Å²) in [5, 5.41) is 34.3. The van der Waals surface area contributed by atoms with E-state index in [1.807, 2.05) is 4.98 Å². The normalized spacial score (nSPS) is 26.4. The third kappa shape index (κ3) is 6.05. The lowest BCUT2D eigenvalue weighted by atomic mass is 9.88. The average Bonchev–Trinajstić information content (AvgIpc) is 3.06. The van der Waals surface area contributed by atoms with E-state index in [0.717, 1.165) is 19.2 Å². The third-order valence-corrected chi connectivity index (χ3v) is 7.30. The Morgan fingerprint density at radius 3 is 2.61 bits per heavy atom. The summed E-state index contributed by atoms with van der Waals surface area (Å²) in [6.45, 7) is 3.45. The van der Waals surface area contributed by atoms with Crippen LogP contribution in [-0.4, -0.2) is 63.3 Å². The lowest BCUT2D eigenvalue weighted by Gasteiger charge is -2.34. The number of esters is 1. The predicted octanol–water partition coefficient (Wildman–Crippen LogP) is 0.216. The third-order valence-electron chi connectivity index (χ3n) is 5.75. The van der Waals surface area contributed by atoms with Crippen molar-refractivity contribution in [3.05, 3.63) is 63.4 Å². The zero-order chi connectivity index (χ0) is 28.1. The molecule has 0 saturated carbocycles. The summed E-state index contributed by atoms with van der Waals surface area (Å²) in [5.74, 6) is -0.641. The van der Waals surface area contributed by atoms with Gasteiger partial charge in [-0.1, -0.05) is 32.0 Å². The number of H-pyrrole nitrogens is 1. The van der Waals surface area contributed by atoms with Crippen LogP contribution >= 0.6 is 7.75 Å². The second-order valence-electron chi connectivity index (χ2n) is 8.91. The van der Waals surface area contributed by atoms with Crippen molar-refractivity contribution in [2.24, 2.45) is 5.92 Å². The van der Waals surface area contributed by atoms with Gasteiger partial charge in [-0.3, -0.25) is 23.7 Å². The number of hydrogen-bond donors (Lipinski definition) is 4. The smallest absolute Gasteiger partial charge is 0.458 e. The van der Waals surface area contributed by atoms with Crippen LogP contribution in [0, 0.1) is 17.2 Å². The van der Waals surface area contributed by atoms with Crippen molar-refractivity contribution in [1.29, 1.82) is 5.26 Å². The van der Waals surface area contributed by atoms with Crippen LogP contribution in [0.5, 0.6) is 5.75 Å². The van der Waals surface area contributed by atoms with Gasteiger partial charge >= 0.3 is 19.4 Å². The molecule has 15 heteroatoms. The average molecular weight is 552 g/mol. The summed E-state index contributed by atoms with van der Waals surface area (Å²) in [6, 6.07) is 10.6. The molecule has 4 N–H and O–H groups in total. The van der Waals surface area contributed by atoms with Crippen LogP contribution in [0.2, 0.25) is 0 Å². The van der Waals surface area contributed by atoms with E-state index in [4.69, 9.17) is 18.5 Å². The van der Waals surface area contributed by atoms with E-state index in [2.05, 4.69) is 5.09 Å². The summed E-state index contributed by atoms with van der Waals surface area (Å²) in [7, 11) is -4.20. The van der Waals surface area contributed by atoms with Gasteiger partial charge in [-0.2, -0.15) is 5.26 Å². The van der Waals surface area contributed by atoms with E-state index in [9.17, 15) is 34.4 Å². The van der Waals surface area contributed by atoms with Gasteiger partial charge in [-0.25, -0.2) is 14.4 Å². The Hall–Kier alpha value is -3.31. The number of ether oxygens (including phenoxy) is 2. The summed E-state index contributed by atoms with van der Waals surface area (Å²) < 4.78 is 35.9. The highest BCUT2D eigenvalue weighted by Crippen LogP contribution is 2.47. The molecule has 1 aromatic carbocycles. The molecular formula is C23H29N4O10P. The molecule has 0 radical (unpaired) electrons. The van der Waals surface area contributed by atoms with Crippen molar-refractivity contribution < 1.29 is 38.1 Å². The molecule has 38 heavy (non-hydrogen) atoms. The number of carbonyl (C=O) groups is 1. The summed E-state index contributed by atoms with van der Waals surface area (Å²) in [6.07, 6.45) is -2.34. The van der Waals surface area contributed by atoms with Gasteiger partial charge in [-0.05, 0) is 19.1 Å². The SMILES string of the molecule is CC(C)C(=O)OCCNP(=O)(OC[C@H]1O[C@@](C#N)(n2ccc(=O)[nH]c2=O)[C@](C)(O)[C@@H]1O)Oc1ccccc1. The molecule has 1 aromatic heterocycles. The molecule has 0 amide bonds. The number of benzene rings is 1. The maximum atomic E-state index is 13.5. The molecule has 0 aliphatic carbocycles. The van der Waals surface area contributed by atoms with Crippen molar-refractivity contribution in [1.82, 2.24) is 14.6 Å². The fourth-order valence-corrected chi connectivity index (χ4v) is 4.96. The molecule has 2 aromatic rings. The highest BCUT2D eigenvalue weighted by molar-refractivity contribution is 7.52. The molecular weight excluding hydrogens is 523 g/mol. The Balaban J connectivity index is 1.81. The van der Waals surface area contributed by atoms with E-state index in [1.54, 1.807) is 38.1 Å². The standard InChI is InChI=1S/C23H29N4O10P/c1-15(2)20(30)34-12-10-25-38(33,37-16-7-5-4-6-8-16)35-13-17-19(29)22(3,32)23(14-24,36-17)27-11-9-18(28)26-21(27)31/h4-9,11,15,17,19,29,32H,10,12-13H2,1-3H3,(H,25,33)(H,26,28,31)/t17-,19-,22-,23-,38?/m1/s1. The number of rotatable bonds is 11. The first-order chi connectivity index (χ1) is 17.8. The van der Waals surface area contributed by atoms with Gasteiger partial charge in [-0.15, -0.1) is 0 Å². The Morgan fingerprint density at radius 1 is 1.32 bits per heavy atom. The van der Waals surface area contributed by atoms with Gasteiger partial charge in [0.05, 0.1) is 12.5 Å². The molecule has 1 aliphatic rings. The fourth-order valence-electron chi connectivity index (χ4n) is 3.65. The van der Waals surface area contributed by atoms with Gasteiger partial charge in [0.25, 0.3) is 11.3 Å². The summed E-state index contributed by atoms with van der Waals surface area (Å²) in [4.78, 5) is 37.5. The van der Waals surface area contributed by atoms with E-state index in [0.29, 0.717) is 4.57 Å². The van der Waals surface area contributed by atoms with Crippen molar-refractivity contribution in [2.45, 2.75) is 44.3 Å². The Kier molecular flexibility index (Phi) is 8.94. The second kappa shape index (κ2) is 11.6. The number of para-hydroxylation sites is 1. The predicted molar refractivity (Wildman–Crippen MR) is 131 cm³/mol. The van der Waals surface area contributed by atoms with Gasteiger partial charge in [0.2, 0.25) is 0 Å². The zero-order valence-electron chi connectivity index (χ0n) is 20.9. The van der Waals surface area contributed by atoms with Gasteiger partial charge in [0.15, 0.2) is 5.60 Å². The van der Waals surface area contributed by atoms with Crippen molar-refractivity contribution >= 4 is 13.7 Å². The summed E-state index contributed by atoms with van der Waals surface area (Å²) >= 11 is 0. The Bertz CT molecular complexity index is 1340. The lowest BCUT2D eigenvalue weighted by molar-refractivity contribution is -0.151. The molecule has 5 atom stereocenters. The molecule has 14 nitrogen and oxygen atoms in total. The van der Waals surface area contributed by atoms with Crippen molar-refractivity contribution in [2.75, 3.05) is 19.8 Å². The topological polar surface area (TPSA) is 202 Å². The minimum atomic E-state index is -4.20. The van der Waals surface area contributed by atoms with Gasteiger partial charge < -0.3 is 24.2 Å². The largest absolute Gasteiger partial charge is 0.464 e. The maximum Gasteiger partial charge on any atom is 0.458 e. The highest BCUT2D eigenvalue weighted by atomic mass is 31.2. The molecule has 1 fully saturated rings. The first-order valence-electron chi connectivity index (χ1n) is 11.6. The number of aromatic amines is 1. The minimum absolute atomic E-state index is 0.122. The summed E-state index contributed by atoms with van der Waals surface area (Å²) in [5.41, 5.74) is -6.66. The van der Waals surface area contributed by atoms with Crippen LogP contribution in [0.25, 0.3) is 0 Å². The van der Waals surface area contributed by atoms with Crippen LogP contribution < -0.4 is 20.9 Å². The van der Waals surface area contributed by atoms with E-state index in [-0.39, 0.29) is 24.8 Å². The number of aliphatic hydroxyl groups excluding tert-OH is 1. The fraction of sp³-hybridized carbons (Fsp3) is 0.478. The highest BCUT2D eigenvalue weighted by Gasteiger charge is 2.65. The van der Waals surface area contributed by atoms with E-state index in [1.165, 1.54) is 12.1 Å². The van der Waals surface area contributed by atoms with Crippen LogP contribution in [0.3, 0.4) is 0 Å². The number of carbonyl (C=O) groups excluding carboxylic acids is 1. The molecule has 3 rings (SSSR count).